The molecule has 2 aromatic heterocycles. The summed E-state index contributed by atoms with van der Waals surface area (Å²) in [6, 6.07) is 9.57. The van der Waals surface area contributed by atoms with Crippen molar-refractivity contribution >= 4 is 38.6 Å². The average molecular weight is 410 g/mol. The number of Topliss-reactive ketones (excluding diaryl/α,β-unsaturated/α-hetero) is 1. The maximum atomic E-state index is 11.8. The molecule has 0 unspecified atom stereocenters. The van der Waals surface area contributed by atoms with Crippen molar-refractivity contribution in [2.75, 3.05) is 0 Å². The number of thiophene rings is 1. The lowest BCUT2D eigenvalue weighted by Gasteiger charge is -2.05. The molecular formula is C18H19NO4S3. The van der Waals surface area contributed by atoms with Gasteiger partial charge in [0.25, 0.3) is 0 Å². The fourth-order valence-corrected chi connectivity index (χ4v) is 3.97. The number of aryl methyl sites for hydroxylation is 2. The number of carbonyl (C=O) groups excluding carboxylic acids is 1. The quantitative estimate of drug-likeness (QED) is 0.375. The Morgan fingerprint density at radius 2 is 1.73 bits per heavy atom. The Morgan fingerprint density at radius 3 is 2.19 bits per heavy atom. The Kier molecular flexibility index (Phi) is 6.82. The number of carbonyl (C=O) groups is 1. The summed E-state index contributed by atoms with van der Waals surface area (Å²) in [5, 5.41) is 1.93. The third kappa shape index (κ3) is 5.57. The van der Waals surface area contributed by atoms with Gasteiger partial charge in [0, 0.05) is 6.92 Å². The molecule has 0 fully saturated rings. The second kappa shape index (κ2) is 8.68. The molecule has 1 aromatic carbocycles. The third-order valence-corrected chi connectivity index (χ3v) is 6.49. The van der Waals surface area contributed by atoms with Crippen LogP contribution in [0.4, 0.5) is 0 Å². The standard InChI is InChI=1S/C11H12NOS2.C7H8O3S/c1-8-9(2)15-7-12(8)6-10(13)11-4-3-5-14-11;1-6-2-4-7(5-3-6)11(8,9)10/h3-5,7H,6H2,1-2H3;2-5H,1H3,(H,8,9,10)/q+1;/p-1. The highest BCUT2D eigenvalue weighted by atomic mass is 32.2. The van der Waals surface area contributed by atoms with Gasteiger partial charge in [-0.2, -0.15) is 4.57 Å². The normalized spacial score (nSPS) is 10.9. The number of ketones is 1. The van der Waals surface area contributed by atoms with Crippen LogP contribution in [0.3, 0.4) is 0 Å². The summed E-state index contributed by atoms with van der Waals surface area (Å²) in [6.45, 7) is 6.40. The molecule has 0 amide bonds. The minimum atomic E-state index is -4.27. The second-order valence-electron chi connectivity index (χ2n) is 5.66. The first kappa shape index (κ1) is 20.4. The first-order chi connectivity index (χ1) is 12.2. The number of thiazole rings is 1. The van der Waals surface area contributed by atoms with Gasteiger partial charge in [-0.25, -0.2) is 8.42 Å². The van der Waals surface area contributed by atoms with Crippen LogP contribution in [0.15, 0.2) is 52.2 Å². The molecule has 0 saturated heterocycles. The predicted molar refractivity (Wildman–Crippen MR) is 102 cm³/mol. The highest BCUT2D eigenvalue weighted by molar-refractivity contribution is 7.85. The Labute approximate surface area is 161 Å². The van der Waals surface area contributed by atoms with Gasteiger partial charge in [-0.1, -0.05) is 35.1 Å². The molecule has 138 valence electrons. The Morgan fingerprint density at radius 1 is 1.08 bits per heavy atom. The molecule has 0 aliphatic heterocycles. The van der Waals surface area contributed by atoms with Crippen molar-refractivity contribution in [1.29, 1.82) is 0 Å². The van der Waals surface area contributed by atoms with Gasteiger partial charge in [0.15, 0.2) is 5.69 Å². The van der Waals surface area contributed by atoms with Crippen LogP contribution in [0.5, 0.6) is 0 Å². The van der Waals surface area contributed by atoms with Crippen LogP contribution in [0.2, 0.25) is 0 Å². The number of benzene rings is 1. The minimum absolute atomic E-state index is 0.178. The van der Waals surface area contributed by atoms with Gasteiger partial charge >= 0.3 is 0 Å². The Bertz CT molecular complexity index is 972. The second-order valence-corrected chi connectivity index (χ2v) is 9.05. The fraction of sp³-hybridized carbons (Fsp3) is 0.222. The van der Waals surface area contributed by atoms with Crippen LogP contribution in [-0.4, -0.2) is 18.8 Å². The van der Waals surface area contributed by atoms with E-state index in [1.165, 1.54) is 34.0 Å². The molecule has 0 bridgehead atoms. The lowest BCUT2D eigenvalue weighted by Crippen LogP contribution is -2.38. The van der Waals surface area contributed by atoms with E-state index in [0.717, 1.165) is 10.4 Å². The highest BCUT2D eigenvalue weighted by Crippen LogP contribution is 2.12. The van der Waals surface area contributed by atoms with Gasteiger partial charge in [0.05, 0.1) is 14.6 Å². The topological polar surface area (TPSA) is 78.2 Å². The molecule has 0 atom stereocenters. The number of hydrogen-bond acceptors (Lipinski definition) is 6. The summed E-state index contributed by atoms with van der Waals surface area (Å²) < 4.78 is 33.2. The maximum absolute atomic E-state index is 11.8. The first-order valence-electron chi connectivity index (χ1n) is 7.72. The maximum Gasteiger partial charge on any atom is 0.237 e. The molecular weight excluding hydrogens is 390 g/mol. The Balaban J connectivity index is 0.000000197. The van der Waals surface area contributed by atoms with Crippen LogP contribution in [0, 0.1) is 20.8 Å². The summed E-state index contributed by atoms with van der Waals surface area (Å²) in [4.78, 5) is 13.8. The van der Waals surface area contributed by atoms with Crippen molar-refractivity contribution in [3.8, 4) is 0 Å². The zero-order valence-corrected chi connectivity index (χ0v) is 17.1. The van der Waals surface area contributed by atoms with Gasteiger partial charge in [-0.3, -0.25) is 4.79 Å². The number of rotatable bonds is 4. The fourth-order valence-electron chi connectivity index (χ4n) is 2.04. The highest BCUT2D eigenvalue weighted by Gasteiger charge is 2.17. The van der Waals surface area contributed by atoms with Crippen molar-refractivity contribution in [1.82, 2.24) is 0 Å². The smallest absolute Gasteiger partial charge is 0.237 e. The molecule has 0 aliphatic rings. The van der Waals surface area contributed by atoms with Crippen LogP contribution < -0.4 is 4.57 Å². The van der Waals surface area contributed by atoms with E-state index in [4.69, 9.17) is 0 Å². The molecule has 8 heteroatoms. The summed E-state index contributed by atoms with van der Waals surface area (Å²) in [6.07, 6.45) is 0. The summed E-state index contributed by atoms with van der Waals surface area (Å²) in [7, 11) is -4.27. The monoisotopic (exact) mass is 409 g/mol. The largest absolute Gasteiger partial charge is 0.744 e. The molecule has 2 heterocycles. The van der Waals surface area contributed by atoms with Crippen LogP contribution in [0.1, 0.15) is 25.8 Å². The van der Waals surface area contributed by atoms with Gasteiger partial charge in [-0.05, 0) is 37.4 Å². The van der Waals surface area contributed by atoms with Crippen molar-refractivity contribution < 1.29 is 22.3 Å². The lowest BCUT2D eigenvalue weighted by atomic mass is 10.2. The zero-order valence-electron chi connectivity index (χ0n) is 14.6. The number of aromatic nitrogens is 1. The molecule has 0 N–H and O–H groups in total. The third-order valence-electron chi connectivity index (χ3n) is 3.72. The first-order valence-corrected chi connectivity index (χ1v) is 10.9. The van der Waals surface area contributed by atoms with E-state index in [1.54, 1.807) is 23.5 Å². The van der Waals surface area contributed by atoms with Crippen molar-refractivity contribution in [2.45, 2.75) is 32.2 Å². The van der Waals surface area contributed by atoms with E-state index >= 15 is 0 Å². The van der Waals surface area contributed by atoms with Gasteiger partial charge in [-0.15, -0.1) is 11.3 Å². The Hall–Kier alpha value is -1.87. The van der Waals surface area contributed by atoms with E-state index in [0.29, 0.717) is 6.54 Å². The van der Waals surface area contributed by atoms with Crippen molar-refractivity contribution in [3.05, 3.63) is 68.3 Å². The van der Waals surface area contributed by atoms with Gasteiger partial charge in [0.1, 0.15) is 10.1 Å². The molecule has 3 rings (SSSR count). The van der Waals surface area contributed by atoms with Crippen LogP contribution in [-0.2, 0) is 16.7 Å². The molecule has 26 heavy (non-hydrogen) atoms. The van der Waals surface area contributed by atoms with Gasteiger partial charge < -0.3 is 4.55 Å². The number of nitrogens with zero attached hydrogens (tertiary/aromatic N) is 1. The number of hydrogen-bond donors (Lipinski definition) is 0. The molecule has 0 aliphatic carbocycles. The predicted octanol–water partition coefficient (Wildman–Crippen LogP) is 3.50. The molecule has 0 spiro atoms. The van der Waals surface area contributed by atoms with Crippen LogP contribution in [0.25, 0.3) is 0 Å². The molecule has 0 saturated carbocycles. The minimum Gasteiger partial charge on any atom is -0.744 e. The van der Waals surface area contributed by atoms with Crippen LogP contribution >= 0.6 is 22.7 Å². The van der Waals surface area contributed by atoms with E-state index < -0.39 is 10.1 Å². The molecule has 5 nitrogen and oxygen atoms in total. The average Bonchev–Trinajstić information content (AvgIpc) is 3.21. The van der Waals surface area contributed by atoms with E-state index in [1.807, 2.05) is 41.4 Å². The zero-order chi connectivity index (χ0) is 19.3. The van der Waals surface area contributed by atoms with Crippen molar-refractivity contribution in [3.63, 3.8) is 0 Å². The summed E-state index contributed by atoms with van der Waals surface area (Å²) in [5.41, 5.74) is 4.12. The molecule has 3 aromatic rings. The van der Waals surface area contributed by atoms with E-state index in [9.17, 15) is 17.8 Å². The van der Waals surface area contributed by atoms with Crippen molar-refractivity contribution in [2.24, 2.45) is 0 Å². The lowest BCUT2D eigenvalue weighted by molar-refractivity contribution is -0.684. The molecule has 0 radical (unpaired) electrons. The van der Waals surface area contributed by atoms with E-state index in [2.05, 4.69) is 6.92 Å². The summed E-state index contributed by atoms with van der Waals surface area (Å²) in [5.74, 6) is 0.191. The summed E-state index contributed by atoms with van der Waals surface area (Å²) >= 11 is 3.19. The SMILES string of the molecule is Cc1ccc(S(=O)(=O)[O-])cc1.Cc1sc[n+](CC(=O)c2cccs2)c1C. The van der Waals surface area contributed by atoms with Gasteiger partial charge in [0.2, 0.25) is 17.8 Å². The van der Waals surface area contributed by atoms with E-state index in [-0.39, 0.29) is 10.7 Å².